The van der Waals surface area contributed by atoms with Crippen LogP contribution in [0.15, 0.2) is 78.0 Å². The lowest BCUT2D eigenvalue weighted by molar-refractivity contribution is -0.137. The summed E-state index contributed by atoms with van der Waals surface area (Å²) in [6, 6.07) is 18.9. The molecule has 1 aromatic heterocycles. The molecule has 0 fully saturated rings. The summed E-state index contributed by atoms with van der Waals surface area (Å²) in [7, 11) is 1.51. The Labute approximate surface area is 226 Å². The van der Waals surface area contributed by atoms with Gasteiger partial charge in [0.25, 0.3) is 5.91 Å². The van der Waals surface area contributed by atoms with Gasteiger partial charge in [0.2, 0.25) is 5.91 Å². The number of benzene rings is 3. The molecule has 0 radical (unpaired) electrons. The molecule has 0 saturated carbocycles. The first kappa shape index (κ1) is 27.7. The lowest BCUT2D eigenvalue weighted by atomic mass is 10.1. The van der Waals surface area contributed by atoms with Gasteiger partial charge in [-0.2, -0.15) is 13.2 Å². The predicted molar refractivity (Wildman–Crippen MR) is 141 cm³/mol. The molecule has 0 unspecified atom stereocenters. The number of ether oxygens (including phenoxy) is 1. The number of rotatable bonds is 9. The van der Waals surface area contributed by atoms with Crippen LogP contribution in [-0.4, -0.2) is 39.4 Å². The van der Waals surface area contributed by atoms with Crippen molar-refractivity contribution >= 4 is 29.3 Å². The standard InChI is InChI=1S/C27H24F3N5O3S/c1-17-7-5-9-19(13-17)35-23(15-31-25(37)18-8-6-10-20(14-18)38-2)33-34-26(35)39-16-24(36)32-22-12-4-3-11-21(22)27(28,29)30/h3-14H,15-16H2,1-2H3,(H,31,37)(H,32,36). The number of hydrogen-bond acceptors (Lipinski definition) is 6. The predicted octanol–water partition coefficient (Wildman–Crippen LogP) is 5.26. The van der Waals surface area contributed by atoms with Crippen molar-refractivity contribution in [3.05, 3.63) is 95.3 Å². The SMILES string of the molecule is COc1cccc(C(=O)NCc2nnc(SCC(=O)Nc3ccccc3C(F)(F)F)n2-c2cccc(C)c2)c1. The van der Waals surface area contributed by atoms with Gasteiger partial charge in [0.15, 0.2) is 11.0 Å². The van der Waals surface area contributed by atoms with Crippen molar-refractivity contribution in [2.75, 3.05) is 18.2 Å². The van der Waals surface area contributed by atoms with Gasteiger partial charge in [-0.1, -0.05) is 42.1 Å². The third-order valence-electron chi connectivity index (χ3n) is 5.54. The smallest absolute Gasteiger partial charge is 0.418 e. The second-order valence-electron chi connectivity index (χ2n) is 8.37. The van der Waals surface area contributed by atoms with Gasteiger partial charge in [-0.25, -0.2) is 0 Å². The van der Waals surface area contributed by atoms with Crippen molar-refractivity contribution in [2.24, 2.45) is 0 Å². The summed E-state index contributed by atoms with van der Waals surface area (Å²) in [5.41, 5.74) is 0.819. The average Bonchev–Trinajstić information content (AvgIpc) is 3.33. The van der Waals surface area contributed by atoms with Gasteiger partial charge in [0.1, 0.15) is 5.75 Å². The fourth-order valence-electron chi connectivity index (χ4n) is 3.72. The van der Waals surface area contributed by atoms with E-state index in [4.69, 9.17) is 4.74 Å². The number of anilines is 1. The summed E-state index contributed by atoms with van der Waals surface area (Å²) < 4.78 is 46.7. The second-order valence-corrected chi connectivity index (χ2v) is 9.31. The van der Waals surface area contributed by atoms with Crippen LogP contribution in [0.2, 0.25) is 0 Å². The van der Waals surface area contributed by atoms with Crippen LogP contribution in [0, 0.1) is 6.92 Å². The van der Waals surface area contributed by atoms with Crippen LogP contribution in [0.5, 0.6) is 5.75 Å². The second kappa shape index (κ2) is 12.0. The maximum Gasteiger partial charge on any atom is 0.418 e. The number of nitrogens with zero attached hydrogens (tertiary/aromatic N) is 3. The molecule has 8 nitrogen and oxygen atoms in total. The first-order valence-electron chi connectivity index (χ1n) is 11.7. The van der Waals surface area contributed by atoms with Crippen LogP contribution < -0.4 is 15.4 Å². The number of methoxy groups -OCH3 is 1. The topological polar surface area (TPSA) is 98.1 Å². The van der Waals surface area contributed by atoms with E-state index in [2.05, 4.69) is 20.8 Å². The highest BCUT2D eigenvalue weighted by atomic mass is 32.2. The molecular formula is C27H24F3N5O3S. The van der Waals surface area contributed by atoms with E-state index in [1.807, 2.05) is 31.2 Å². The maximum absolute atomic E-state index is 13.3. The van der Waals surface area contributed by atoms with E-state index >= 15 is 0 Å². The molecule has 1 heterocycles. The Kier molecular flexibility index (Phi) is 8.55. The van der Waals surface area contributed by atoms with Gasteiger partial charge in [0.05, 0.1) is 30.7 Å². The average molecular weight is 556 g/mol. The normalized spacial score (nSPS) is 11.2. The van der Waals surface area contributed by atoms with Crippen LogP contribution in [-0.2, 0) is 17.5 Å². The van der Waals surface area contributed by atoms with Crippen LogP contribution in [0.4, 0.5) is 18.9 Å². The summed E-state index contributed by atoms with van der Waals surface area (Å²) in [5, 5.41) is 13.9. The van der Waals surface area contributed by atoms with Crippen molar-refractivity contribution in [2.45, 2.75) is 24.8 Å². The van der Waals surface area contributed by atoms with Crippen molar-refractivity contribution < 1.29 is 27.5 Å². The summed E-state index contributed by atoms with van der Waals surface area (Å²) in [5.74, 6) is -0.248. The highest BCUT2D eigenvalue weighted by Crippen LogP contribution is 2.34. The Balaban J connectivity index is 1.52. The Morgan fingerprint density at radius 2 is 1.77 bits per heavy atom. The molecule has 2 amide bonds. The molecule has 0 aliphatic heterocycles. The van der Waals surface area contributed by atoms with Crippen molar-refractivity contribution in [1.82, 2.24) is 20.1 Å². The summed E-state index contributed by atoms with van der Waals surface area (Å²) in [6.45, 7) is 1.94. The number of alkyl halides is 3. The number of para-hydroxylation sites is 1. The molecule has 0 saturated heterocycles. The number of thioether (sulfide) groups is 1. The number of carbonyl (C=O) groups is 2. The maximum atomic E-state index is 13.3. The van der Waals surface area contributed by atoms with E-state index in [-0.39, 0.29) is 23.9 Å². The van der Waals surface area contributed by atoms with Crippen LogP contribution >= 0.6 is 11.8 Å². The van der Waals surface area contributed by atoms with Crippen molar-refractivity contribution in [3.63, 3.8) is 0 Å². The van der Waals surface area contributed by atoms with E-state index in [0.717, 1.165) is 23.4 Å². The number of aryl methyl sites for hydroxylation is 1. The molecular weight excluding hydrogens is 531 g/mol. The molecule has 0 bridgehead atoms. The zero-order chi connectivity index (χ0) is 28.0. The highest BCUT2D eigenvalue weighted by molar-refractivity contribution is 7.99. The van der Waals surface area contributed by atoms with Gasteiger partial charge < -0.3 is 15.4 Å². The Morgan fingerprint density at radius 1 is 1.00 bits per heavy atom. The Bertz CT molecular complexity index is 1490. The molecule has 2 N–H and O–H groups in total. The largest absolute Gasteiger partial charge is 0.497 e. The zero-order valence-corrected chi connectivity index (χ0v) is 21.8. The minimum Gasteiger partial charge on any atom is -0.497 e. The lowest BCUT2D eigenvalue weighted by Gasteiger charge is -2.14. The molecule has 3 aromatic carbocycles. The van der Waals surface area contributed by atoms with Crippen LogP contribution in [0.1, 0.15) is 27.3 Å². The number of carbonyl (C=O) groups excluding carboxylic acids is 2. The quantitative estimate of drug-likeness (QED) is 0.273. The molecule has 202 valence electrons. The highest BCUT2D eigenvalue weighted by Gasteiger charge is 2.33. The molecule has 0 spiro atoms. The third-order valence-corrected chi connectivity index (χ3v) is 6.47. The number of amides is 2. The Morgan fingerprint density at radius 3 is 2.51 bits per heavy atom. The summed E-state index contributed by atoms with van der Waals surface area (Å²) >= 11 is 1.01. The first-order chi connectivity index (χ1) is 18.7. The van der Waals surface area contributed by atoms with E-state index < -0.39 is 17.6 Å². The monoisotopic (exact) mass is 555 g/mol. The van der Waals surface area contributed by atoms with Gasteiger partial charge in [-0.15, -0.1) is 10.2 Å². The van der Waals surface area contributed by atoms with E-state index in [0.29, 0.717) is 28.0 Å². The number of hydrogen-bond donors (Lipinski definition) is 2. The fraction of sp³-hybridized carbons (Fsp3) is 0.185. The van der Waals surface area contributed by atoms with Crippen molar-refractivity contribution in [1.29, 1.82) is 0 Å². The molecule has 0 aliphatic rings. The van der Waals surface area contributed by atoms with Gasteiger partial charge in [0, 0.05) is 11.3 Å². The van der Waals surface area contributed by atoms with Crippen LogP contribution in [0.25, 0.3) is 5.69 Å². The molecule has 0 aliphatic carbocycles. The van der Waals surface area contributed by atoms with E-state index in [1.54, 1.807) is 28.8 Å². The zero-order valence-electron chi connectivity index (χ0n) is 21.0. The summed E-state index contributed by atoms with van der Waals surface area (Å²) in [6.07, 6.45) is -4.60. The van der Waals surface area contributed by atoms with E-state index in [9.17, 15) is 22.8 Å². The number of nitrogens with one attached hydrogen (secondary N) is 2. The molecule has 0 atom stereocenters. The van der Waals surface area contributed by atoms with Crippen LogP contribution in [0.3, 0.4) is 0 Å². The van der Waals surface area contributed by atoms with Gasteiger partial charge in [-0.3, -0.25) is 14.2 Å². The number of halogens is 3. The molecule has 4 aromatic rings. The third kappa shape index (κ3) is 6.96. The van der Waals surface area contributed by atoms with E-state index in [1.165, 1.54) is 25.3 Å². The van der Waals surface area contributed by atoms with Gasteiger partial charge >= 0.3 is 6.18 Å². The first-order valence-corrected chi connectivity index (χ1v) is 12.7. The lowest BCUT2D eigenvalue weighted by Crippen LogP contribution is -2.24. The molecule has 12 heteroatoms. The minimum absolute atomic E-state index is 0.0305. The van der Waals surface area contributed by atoms with Crippen molar-refractivity contribution in [3.8, 4) is 11.4 Å². The minimum atomic E-state index is -4.60. The molecule has 4 rings (SSSR count). The summed E-state index contributed by atoms with van der Waals surface area (Å²) in [4.78, 5) is 25.3. The van der Waals surface area contributed by atoms with Gasteiger partial charge in [-0.05, 0) is 55.0 Å². The fourth-order valence-corrected chi connectivity index (χ4v) is 4.49. The molecule has 39 heavy (non-hydrogen) atoms. The number of aromatic nitrogens is 3. The Hall–Kier alpha value is -4.32.